The van der Waals surface area contributed by atoms with Crippen molar-refractivity contribution in [3.63, 3.8) is 0 Å². The molecule has 3 aromatic rings. The van der Waals surface area contributed by atoms with Crippen LogP contribution in [-0.4, -0.2) is 17.3 Å². The van der Waals surface area contributed by atoms with Crippen molar-refractivity contribution in [2.24, 2.45) is 5.73 Å². The van der Waals surface area contributed by atoms with Crippen molar-refractivity contribution in [3.8, 4) is 11.9 Å². The van der Waals surface area contributed by atoms with Crippen LogP contribution in [-0.2, 0) is 11.3 Å². The van der Waals surface area contributed by atoms with E-state index in [1.54, 1.807) is 7.11 Å². The Balaban J connectivity index is 1.94. The van der Waals surface area contributed by atoms with Crippen LogP contribution in [0.4, 0.5) is 0 Å². The molecule has 2 aromatic carbocycles. The van der Waals surface area contributed by atoms with E-state index < -0.39 is 0 Å². The molecule has 3 N–H and O–H groups in total. The molecule has 0 fully saturated rings. The summed E-state index contributed by atoms with van der Waals surface area (Å²) < 4.78 is 10.8. The summed E-state index contributed by atoms with van der Waals surface area (Å²) in [7, 11) is 1.61. The fourth-order valence-corrected chi connectivity index (χ4v) is 3.28. The van der Waals surface area contributed by atoms with Gasteiger partial charge in [-0.25, -0.2) is 0 Å². The summed E-state index contributed by atoms with van der Waals surface area (Å²) in [6, 6.07) is 16.4. The number of hydrogen-bond donors (Lipinski definition) is 2. The molecular formula is C19H16N4O2. The Morgan fingerprint density at radius 3 is 2.84 bits per heavy atom. The van der Waals surface area contributed by atoms with Gasteiger partial charge in [0.05, 0.1) is 23.8 Å². The second-order valence-corrected chi connectivity index (χ2v) is 5.89. The molecule has 1 aromatic heterocycles. The van der Waals surface area contributed by atoms with Crippen molar-refractivity contribution >= 4 is 10.8 Å². The van der Waals surface area contributed by atoms with E-state index in [1.807, 2.05) is 30.3 Å². The first-order chi connectivity index (χ1) is 12.2. The third kappa shape index (κ3) is 2.42. The molecule has 6 heteroatoms. The number of nitrogens with two attached hydrogens (primary N) is 1. The lowest BCUT2D eigenvalue weighted by Gasteiger charge is -2.24. The summed E-state index contributed by atoms with van der Waals surface area (Å²) in [6.45, 7) is 0.342. The van der Waals surface area contributed by atoms with Gasteiger partial charge in [0.1, 0.15) is 11.6 Å². The third-order valence-electron chi connectivity index (χ3n) is 4.41. The van der Waals surface area contributed by atoms with E-state index in [1.165, 1.54) is 0 Å². The van der Waals surface area contributed by atoms with Gasteiger partial charge in [-0.15, -0.1) is 5.10 Å². The number of benzene rings is 2. The van der Waals surface area contributed by atoms with Crippen LogP contribution in [0.1, 0.15) is 22.7 Å². The van der Waals surface area contributed by atoms with Crippen LogP contribution in [0, 0.1) is 11.3 Å². The van der Waals surface area contributed by atoms with E-state index in [0.29, 0.717) is 18.1 Å². The van der Waals surface area contributed by atoms with Gasteiger partial charge in [0.25, 0.3) is 0 Å². The highest BCUT2D eigenvalue weighted by Crippen LogP contribution is 2.43. The Kier molecular flexibility index (Phi) is 3.64. The summed E-state index contributed by atoms with van der Waals surface area (Å²) in [5, 5.41) is 19.0. The minimum atomic E-state index is -0.345. The number of rotatable bonds is 3. The SMILES string of the molecule is COCc1[nH]nc2c1[C@H](c1ccc3ccccc3c1)C(C#N)=C(N)O2. The largest absolute Gasteiger partial charge is 0.420 e. The van der Waals surface area contributed by atoms with Crippen LogP contribution < -0.4 is 10.5 Å². The van der Waals surface area contributed by atoms with Crippen molar-refractivity contribution in [3.05, 3.63) is 70.7 Å². The van der Waals surface area contributed by atoms with Crippen LogP contribution in [0.5, 0.6) is 5.88 Å². The highest BCUT2D eigenvalue weighted by molar-refractivity contribution is 5.83. The van der Waals surface area contributed by atoms with Crippen molar-refractivity contribution in [1.82, 2.24) is 10.2 Å². The van der Waals surface area contributed by atoms with Gasteiger partial charge in [-0.05, 0) is 16.3 Å². The van der Waals surface area contributed by atoms with Crippen molar-refractivity contribution in [2.45, 2.75) is 12.5 Å². The maximum atomic E-state index is 9.66. The number of nitrogens with one attached hydrogen (secondary N) is 1. The van der Waals surface area contributed by atoms with E-state index in [9.17, 15) is 5.26 Å². The molecule has 6 nitrogen and oxygen atoms in total. The molecule has 2 heterocycles. The normalized spacial score (nSPS) is 16.4. The predicted molar refractivity (Wildman–Crippen MR) is 92.5 cm³/mol. The molecule has 0 saturated carbocycles. The summed E-state index contributed by atoms with van der Waals surface area (Å²) in [5.74, 6) is 0.132. The summed E-state index contributed by atoms with van der Waals surface area (Å²) in [5.41, 5.74) is 8.88. The highest BCUT2D eigenvalue weighted by Gasteiger charge is 2.35. The topological polar surface area (TPSA) is 97.0 Å². The van der Waals surface area contributed by atoms with Gasteiger partial charge in [0, 0.05) is 7.11 Å². The number of hydrogen-bond acceptors (Lipinski definition) is 5. The number of aromatic nitrogens is 2. The molecule has 4 rings (SSSR count). The van der Waals surface area contributed by atoms with Crippen LogP contribution in [0.2, 0.25) is 0 Å². The lowest BCUT2D eigenvalue weighted by Crippen LogP contribution is -2.21. The molecule has 0 bridgehead atoms. The van der Waals surface area contributed by atoms with Crippen molar-refractivity contribution in [1.29, 1.82) is 5.26 Å². The Labute approximate surface area is 144 Å². The Morgan fingerprint density at radius 1 is 1.28 bits per heavy atom. The first-order valence-corrected chi connectivity index (χ1v) is 7.85. The fraction of sp³-hybridized carbons (Fsp3) is 0.158. The number of methoxy groups -OCH3 is 1. The number of H-pyrrole nitrogens is 1. The monoisotopic (exact) mass is 332 g/mol. The number of ether oxygens (including phenoxy) is 2. The summed E-state index contributed by atoms with van der Waals surface area (Å²) in [4.78, 5) is 0. The number of nitriles is 1. The Morgan fingerprint density at radius 2 is 2.08 bits per heavy atom. The first-order valence-electron chi connectivity index (χ1n) is 7.85. The van der Waals surface area contributed by atoms with E-state index >= 15 is 0 Å². The van der Waals surface area contributed by atoms with Crippen LogP contribution in [0.25, 0.3) is 10.8 Å². The molecule has 25 heavy (non-hydrogen) atoms. The van der Waals surface area contributed by atoms with Crippen LogP contribution >= 0.6 is 0 Å². The molecule has 0 spiro atoms. The van der Waals surface area contributed by atoms with Gasteiger partial charge in [-0.3, -0.25) is 5.10 Å². The maximum absolute atomic E-state index is 9.66. The standard InChI is InChI=1S/C19H16N4O2/c1-24-10-15-17-16(14(9-20)18(21)25-19(17)23-22-15)13-7-6-11-4-2-3-5-12(11)8-13/h2-8,16H,10,21H2,1H3,(H,22,23)/t16-/m1/s1. The van der Waals surface area contributed by atoms with E-state index in [2.05, 4.69) is 28.4 Å². The fourth-order valence-electron chi connectivity index (χ4n) is 3.28. The molecular weight excluding hydrogens is 316 g/mol. The number of nitrogens with zero attached hydrogens (tertiary/aromatic N) is 2. The van der Waals surface area contributed by atoms with Gasteiger partial charge >= 0.3 is 0 Å². The smallest absolute Gasteiger partial charge is 0.244 e. The Hall–Kier alpha value is -3.30. The molecule has 1 aliphatic rings. The zero-order valence-electron chi connectivity index (χ0n) is 13.6. The molecule has 0 aliphatic carbocycles. The van der Waals surface area contributed by atoms with Gasteiger partial charge in [0.15, 0.2) is 0 Å². The average Bonchev–Trinajstić information content (AvgIpc) is 3.02. The summed E-state index contributed by atoms with van der Waals surface area (Å²) >= 11 is 0. The number of aromatic amines is 1. The van der Waals surface area contributed by atoms with Gasteiger partial charge < -0.3 is 15.2 Å². The van der Waals surface area contributed by atoms with E-state index in [0.717, 1.165) is 27.6 Å². The molecule has 1 atom stereocenters. The molecule has 0 radical (unpaired) electrons. The minimum Gasteiger partial charge on any atom is -0.420 e. The molecule has 1 aliphatic heterocycles. The highest BCUT2D eigenvalue weighted by atomic mass is 16.5. The van der Waals surface area contributed by atoms with E-state index in [-0.39, 0.29) is 11.8 Å². The molecule has 0 saturated heterocycles. The average molecular weight is 332 g/mol. The quantitative estimate of drug-likeness (QED) is 0.768. The summed E-state index contributed by atoms with van der Waals surface area (Å²) in [6.07, 6.45) is 0. The van der Waals surface area contributed by atoms with Gasteiger partial charge in [0.2, 0.25) is 11.8 Å². The third-order valence-corrected chi connectivity index (χ3v) is 4.41. The lowest BCUT2D eigenvalue weighted by atomic mass is 9.83. The molecule has 0 amide bonds. The predicted octanol–water partition coefficient (Wildman–Crippen LogP) is 2.93. The second kappa shape index (κ2) is 5.96. The number of allylic oxidation sites excluding steroid dienone is 1. The van der Waals surface area contributed by atoms with Crippen LogP contribution in [0.3, 0.4) is 0 Å². The van der Waals surface area contributed by atoms with Gasteiger partial charge in [-0.2, -0.15) is 5.26 Å². The zero-order chi connectivity index (χ0) is 17.4. The van der Waals surface area contributed by atoms with Crippen molar-refractivity contribution < 1.29 is 9.47 Å². The number of fused-ring (bicyclic) bond motifs is 2. The van der Waals surface area contributed by atoms with E-state index in [4.69, 9.17) is 15.2 Å². The van der Waals surface area contributed by atoms with Crippen LogP contribution in [0.15, 0.2) is 53.9 Å². The second-order valence-electron chi connectivity index (χ2n) is 5.89. The lowest BCUT2D eigenvalue weighted by molar-refractivity contribution is 0.180. The maximum Gasteiger partial charge on any atom is 0.244 e. The first kappa shape index (κ1) is 15.2. The molecule has 124 valence electrons. The molecule has 0 unspecified atom stereocenters. The minimum absolute atomic E-state index is 0.0867. The zero-order valence-corrected chi connectivity index (χ0v) is 13.6. The Bertz CT molecular complexity index is 1030. The van der Waals surface area contributed by atoms with Gasteiger partial charge in [-0.1, -0.05) is 42.5 Å². The van der Waals surface area contributed by atoms with Crippen molar-refractivity contribution in [2.75, 3.05) is 7.11 Å².